The van der Waals surface area contributed by atoms with E-state index in [2.05, 4.69) is 25.1 Å². The Kier molecular flexibility index (Phi) is 7.99. The second-order valence-electron chi connectivity index (χ2n) is 11.3. The number of benzene rings is 1. The Labute approximate surface area is 245 Å². The van der Waals surface area contributed by atoms with E-state index in [9.17, 15) is 22.4 Å². The van der Waals surface area contributed by atoms with Gasteiger partial charge in [0.25, 0.3) is 0 Å². The number of piperidine rings is 1. The molecule has 13 heteroatoms. The molecule has 2 atom stereocenters. The van der Waals surface area contributed by atoms with Crippen LogP contribution in [-0.2, 0) is 30.4 Å². The third kappa shape index (κ3) is 6.33. The quantitative estimate of drug-likeness (QED) is 0.343. The van der Waals surface area contributed by atoms with Crippen molar-refractivity contribution in [2.24, 2.45) is 17.8 Å². The Balaban J connectivity index is 0.939. The minimum absolute atomic E-state index is 0.0257. The molecule has 2 fully saturated rings. The molecular weight excluding hydrogens is 576 g/mol. The molecule has 1 aliphatic carbocycles. The highest BCUT2D eigenvalue weighted by Crippen LogP contribution is 2.50. The fourth-order valence-electron chi connectivity index (χ4n) is 6.28. The van der Waals surface area contributed by atoms with Gasteiger partial charge in [-0.15, -0.1) is 0 Å². The van der Waals surface area contributed by atoms with Crippen LogP contribution in [0.1, 0.15) is 48.2 Å². The van der Waals surface area contributed by atoms with Gasteiger partial charge in [0.2, 0.25) is 11.9 Å². The molecule has 2 aromatic heterocycles. The first-order valence-corrected chi connectivity index (χ1v) is 14.6. The second kappa shape index (κ2) is 11.7. The maximum atomic E-state index is 14.8. The minimum Gasteiger partial charge on any atom is -0.493 e. The molecule has 1 saturated carbocycles. The number of carbonyl (C=O) groups is 1. The molecule has 6 rings (SSSR count). The van der Waals surface area contributed by atoms with Gasteiger partial charge < -0.3 is 14.5 Å². The van der Waals surface area contributed by atoms with E-state index in [1.54, 1.807) is 18.5 Å². The number of anilines is 1. The SMILES string of the molecule is O=C(Cc1ccc(OCC[C@@H]2CC2C2CCN(c3ncc(Cl)cn3)CC2)cc1F)N1CCc2[nH]nc(C(F)(F)F)c2C1. The fraction of sp³-hybridized carbons (Fsp3) is 0.517. The molecule has 3 aromatic rings. The highest BCUT2D eigenvalue weighted by molar-refractivity contribution is 6.30. The Morgan fingerprint density at radius 2 is 1.90 bits per heavy atom. The lowest BCUT2D eigenvalue weighted by Gasteiger charge is -2.32. The molecule has 42 heavy (non-hydrogen) atoms. The van der Waals surface area contributed by atoms with E-state index in [-0.39, 0.29) is 37.1 Å². The van der Waals surface area contributed by atoms with Gasteiger partial charge in [-0.3, -0.25) is 9.89 Å². The number of halogens is 5. The zero-order chi connectivity index (χ0) is 29.4. The Morgan fingerprint density at radius 1 is 1.14 bits per heavy atom. The number of fused-ring (bicyclic) bond motifs is 1. The number of alkyl halides is 3. The molecule has 4 heterocycles. The van der Waals surface area contributed by atoms with Gasteiger partial charge in [-0.25, -0.2) is 14.4 Å². The number of ether oxygens (including phenoxy) is 1. The Morgan fingerprint density at radius 3 is 2.62 bits per heavy atom. The number of hydrogen-bond acceptors (Lipinski definition) is 6. The number of H-pyrrole nitrogens is 1. The van der Waals surface area contributed by atoms with Gasteiger partial charge in [0.1, 0.15) is 11.6 Å². The van der Waals surface area contributed by atoms with Crippen LogP contribution in [0.15, 0.2) is 30.6 Å². The predicted molar refractivity (Wildman–Crippen MR) is 147 cm³/mol. The summed E-state index contributed by atoms with van der Waals surface area (Å²) in [4.78, 5) is 25.0. The van der Waals surface area contributed by atoms with Crippen LogP contribution in [0, 0.1) is 23.6 Å². The number of hydrogen-bond donors (Lipinski definition) is 1. The first-order chi connectivity index (χ1) is 20.2. The summed E-state index contributed by atoms with van der Waals surface area (Å²) in [6, 6.07) is 4.42. The summed E-state index contributed by atoms with van der Waals surface area (Å²) in [5.74, 6) is 2.08. The van der Waals surface area contributed by atoms with Crippen molar-refractivity contribution < 1.29 is 27.1 Å². The van der Waals surface area contributed by atoms with Gasteiger partial charge in [-0.2, -0.15) is 18.3 Å². The third-order valence-electron chi connectivity index (χ3n) is 8.69. The molecule has 224 valence electrons. The van der Waals surface area contributed by atoms with Crippen LogP contribution >= 0.6 is 11.6 Å². The normalized spacial score (nSPS) is 20.9. The van der Waals surface area contributed by atoms with Crippen molar-refractivity contribution >= 4 is 23.5 Å². The van der Waals surface area contributed by atoms with Gasteiger partial charge in [0.15, 0.2) is 5.69 Å². The maximum Gasteiger partial charge on any atom is 0.435 e. The molecule has 2 aliphatic heterocycles. The molecule has 3 aliphatic rings. The van der Waals surface area contributed by atoms with Crippen molar-refractivity contribution in [2.45, 2.75) is 51.2 Å². The molecule has 1 aromatic carbocycles. The van der Waals surface area contributed by atoms with E-state index in [1.165, 1.54) is 23.5 Å². The van der Waals surface area contributed by atoms with Gasteiger partial charge in [-0.1, -0.05) is 17.7 Å². The third-order valence-corrected chi connectivity index (χ3v) is 8.89. The summed E-state index contributed by atoms with van der Waals surface area (Å²) >= 11 is 5.89. The fourth-order valence-corrected chi connectivity index (χ4v) is 6.38. The van der Waals surface area contributed by atoms with E-state index >= 15 is 0 Å². The number of nitrogens with zero attached hydrogens (tertiary/aromatic N) is 5. The second-order valence-corrected chi connectivity index (χ2v) is 11.8. The minimum atomic E-state index is -4.61. The molecule has 8 nitrogen and oxygen atoms in total. The number of aromatic amines is 1. The molecule has 0 radical (unpaired) electrons. The van der Waals surface area contributed by atoms with E-state index in [0.29, 0.717) is 40.8 Å². The van der Waals surface area contributed by atoms with Crippen molar-refractivity contribution in [3.05, 3.63) is 63.9 Å². The molecule has 0 spiro atoms. The van der Waals surface area contributed by atoms with Crippen LogP contribution in [0.5, 0.6) is 5.75 Å². The van der Waals surface area contributed by atoms with E-state index in [0.717, 1.165) is 38.3 Å². The van der Waals surface area contributed by atoms with E-state index in [1.807, 2.05) is 0 Å². The van der Waals surface area contributed by atoms with Crippen molar-refractivity contribution in [1.29, 1.82) is 0 Å². The first-order valence-electron chi connectivity index (χ1n) is 14.2. The molecule has 1 saturated heterocycles. The molecular formula is C29H31ClF4N6O2. The van der Waals surface area contributed by atoms with Gasteiger partial charge in [-0.05, 0) is 55.1 Å². The number of amides is 1. The largest absolute Gasteiger partial charge is 0.493 e. The summed E-state index contributed by atoms with van der Waals surface area (Å²) in [6.45, 7) is 2.37. The predicted octanol–water partition coefficient (Wildman–Crippen LogP) is 5.46. The zero-order valence-electron chi connectivity index (χ0n) is 22.8. The van der Waals surface area contributed by atoms with Crippen LogP contribution in [0.25, 0.3) is 0 Å². The molecule has 0 bridgehead atoms. The van der Waals surface area contributed by atoms with Gasteiger partial charge >= 0.3 is 6.18 Å². The maximum absolute atomic E-state index is 14.8. The van der Waals surface area contributed by atoms with Crippen molar-refractivity contribution in [3.63, 3.8) is 0 Å². The van der Waals surface area contributed by atoms with Crippen LogP contribution in [0.3, 0.4) is 0 Å². The number of rotatable bonds is 8. The van der Waals surface area contributed by atoms with E-state index in [4.69, 9.17) is 16.3 Å². The zero-order valence-corrected chi connectivity index (χ0v) is 23.6. The van der Waals surface area contributed by atoms with Crippen LogP contribution in [-0.4, -0.2) is 57.2 Å². The summed E-state index contributed by atoms with van der Waals surface area (Å²) in [5.41, 5.74) is -0.470. The van der Waals surface area contributed by atoms with E-state index < -0.39 is 23.6 Å². The van der Waals surface area contributed by atoms with Crippen molar-refractivity contribution in [2.75, 3.05) is 31.1 Å². The van der Waals surface area contributed by atoms with Crippen molar-refractivity contribution in [1.82, 2.24) is 25.1 Å². The molecule has 1 unspecified atom stereocenters. The van der Waals surface area contributed by atoms with Crippen LogP contribution in [0.2, 0.25) is 5.02 Å². The standard InChI is InChI=1S/C29H31ClF4N6O2/c30-20-14-35-28(36-15-20)39-7-3-17(4-8-39)22-11-18(22)6-10-42-21-2-1-19(24(31)13-21)12-26(41)40-9-5-25-23(16-40)27(38-37-25)29(32,33)34/h1-2,13-15,17-18,22H,3-12,16H2,(H,37,38)/t18-,22?/m1/s1. The lowest BCUT2D eigenvalue weighted by Crippen LogP contribution is -2.37. The number of nitrogens with one attached hydrogen (secondary N) is 1. The van der Waals surface area contributed by atoms with Crippen LogP contribution in [0.4, 0.5) is 23.5 Å². The average Bonchev–Trinajstić information content (AvgIpc) is 3.60. The highest BCUT2D eigenvalue weighted by Gasteiger charge is 2.43. The summed E-state index contributed by atoms with van der Waals surface area (Å²) in [5, 5.41) is 6.33. The number of carbonyl (C=O) groups excluding carboxylic acids is 1. The first kappa shape index (κ1) is 28.7. The average molecular weight is 607 g/mol. The smallest absolute Gasteiger partial charge is 0.435 e. The molecule has 1 amide bonds. The summed E-state index contributed by atoms with van der Waals surface area (Å²) in [6.07, 6.45) is 2.91. The lowest BCUT2D eigenvalue weighted by atomic mass is 9.90. The summed E-state index contributed by atoms with van der Waals surface area (Å²) < 4.78 is 60.4. The number of aromatic nitrogens is 4. The topological polar surface area (TPSA) is 87.2 Å². The molecule has 1 N–H and O–H groups in total. The van der Waals surface area contributed by atoms with Crippen LogP contribution < -0.4 is 9.64 Å². The monoisotopic (exact) mass is 606 g/mol. The van der Waals surface area contributed by atoms with Crippen molar-refractivity contribution in [3.8, 4) is 5.75 Å². The van der Waals surface area contributed by atoms with Gasteiger partial charge in [0.05, 0.1) is 30.4 Å². The Hall–Kier alpha value is -3.41. The Bertz CT molecular complexity index is 1420. The lowest BCUT2D eigenvalue weighted by molar-refractivity contribution is -0.143. The highest BCUT2D eigenvalue weighted by atomic mass is 35.5. The van der Waals surface area contributed by atoms with Gasteiger partial charge in [0, 0.05) is 49.9 Å². The summed E-state index contributed by atoms with van der Waals surface area (Å²) in [7, 11) is 0.